The Bertz CT molecular complexity index is 439. The molecule has 0 spiro atoms. The average molecular weight is 409 g/mol. The van der Waals surface area contributed by atoms with Crippen LogP contribution >= 0.6 is 31.9 Å². The summed E-state index contributed by atoms with van der Waals surface area (Å²) in [5.74, 6) is 0.422. The van der Waals surface area contributed by atoms with E-state index in [1.165, 1.54) is 0 Å². The van der Waals surface area contributed by atoms with Crippen LogP contribution in [0.2, 0.25) is 0 Å². The Morgan fingerprint density at radius 1 is 1.30 bits per heavy atom. The third-order valence-corrected chi connectivity index (χ3v) is 4.12. The molecule has 6 heteroatoms. The van der Waals surface area contributed by atoms with Gasteiger partial charge in [0.05, 0.1) is 15.6 Å². The molecule has 0 aliphatic heterocycles. The van der Waals surface area contributed by atoms with Crippen molar-refractivity contribution in [3.63, 3.8) is 0 Å². The first-order chi connectivity index (χ1) is 9.51. The number of aliphatic hydroxyl groups is 1. The van der Waals surface area contributed by atoms with Crippen molar-refractivity contribution in [3.05, 3.63) is 26.6 Å². The third kappa shape index (κ3) is 5.07. The molecule has 0 heterocycles. The number of carbonyl (C=O) groups excluding carboxylic acids is 1. The fourth-order valence-electron chi connectivity index (χ4n) is 1.74. The summed E-state index contributed by atoms with van der Waals surface area (Å²) in [6.45, 7) is 3.99. The number of nitrogens with one attached hydrogen (secondary N) is 1. The van der Waals surface area contributed by atoms with E-state index in [1.54, 1.807) is 12.1 Å². The molecular weight excluding hydrogens is 390 g/mol. The molecule has 0 saturated heterocycles. The van der Waals surface area contributed by atoms with Crippen LogP contribution in [0.25, 0.3) is 0 Å². The lowest BCUT2D eigenvalue weighted by molar-refractivity contribution is -0.123. The SMILES string of the molecule is CCC(CC)NC(=O)COc1c(Br)cc(CO)cc1Br. The standard InChI is InChI=1S/C14H19Br2NO3/c1-3-10(4-2)17-13(19)8-20-14-11(15)5-9(7-18)6-12(14)16/h5-6,10,18H,3-4,7-8H2,1-2H3,(H,17,19). The fourth-order valence-corrected chi connectivity index (χ4v) is 3.25. The van der Waals surface area contributed by atoms with Crippen LogP contribution in [-0.4, -0.2) is 23.7 Å². The zero-order valence-corrected chi connectivity index (χ0v) is 14.8. The first kappa shape index (κ1) is 17.5. The Labute approximate surface area is 136 Å². The van der Waals surface area contributed by atoms with E-state index < -0.39 is 0 Å². The second-order valence-electron chi connectivity index (χ2n) is 4.42. The Morgan fingerprint density at radius 3 is 2.30 bits per heavy atom. The van der Waals surface area contributed by atoms with E-state index in [4.69, 9.17) is 9.84 Å². The van der Waals surface area contributed by atoms with Crippen LogP contribution in [-0.2, 0) is 11.4 Å². The van der Waals surface area contributed by atoms with Crippen molar-refractivity contribution in [2.24, 2.45) is 0 Å². The maximum Gasteiger partial charge on any atom is 0.258 e. The number of ether oxygens (including phenoxy) is 1. The van der Waals surface area contributed by atoms with Gasteiger partial charge in [0.15, 0.2) is 6.61 Å². The molecule has 0 saturated carbocycles. The van der Waals surface area contributed by atoms with E-state index in [-0.39, 0.29) is 25.2 Å². The monoisotopic (exact) mass is 407 g/mol. The van der Waals surface area contributed by atoms with Crippen molar-refractivity contribution < 1.29 is 14.6 Å². The number of hydrogen-bond acceptors (Lipinski definition) is 3. The lowest BCUT2D eigenvalue weighted by Crippen LogP contribution is -2.37. The van der Waals surface area contributed by atoms with Crippen molar-refractivity contribution in [1.82, 2.24) is 5.32 Å². The van der Waals surface area contributed by atoms with E-state index in [0.717, 1.165) is 18.4 Å². The summed E-state index contributed by atoms with van der Waals surface area (Å²) in [7, 11) is 0. The van der Waals surface area contributed by atoms with Gasteiger partial charge < -0.3 is 15.2 Å². The largest absolute Gasteiger partial charge is 0.481 e. The summed E-state index contributed by atoms with van der Waals surface area (Å²) in [6, 6.07) is 3.72. The van der Waals surface area contributed by atoms with Crippen LogP contribution in [0, 0.1) is 0 Å². The summed E-state index contributed by atoms with van der Waals surface area (Å²) in [5.41, 5.74) is 0.762. The lowest BCUT2D eigenvalue weighted by Gasteiger charge is -2.16. The predicted molar refractivity (Wildman–Crippen MR) is 85.8 cm³/mol. The van der Waals surface area contributed by atoms with Gasteiger partial charge in [-0.15, -0.1) is 0 Å². The summed E-state index contributed by atoms with van der Waals surface area (Å²) < 4.78 is 6.93. The highest BCUT2D eigenvalue weighted by Gasteiger charge is 2.13. The minimum Gasteiger partial charge on any atom is -0.481 e. The molecule has 2 N–H and O–H groups in total. The van der Waals surface area contributed by atoms with Gasteiger partial charge in [-0.25, -0.2) is 0 Å². The fraction of sp³-hybridized carbons (Fsp3) is 0.500. The number of aliphatic hydroxyl groups excluding tert-OH is 1. The maximum absolute atomic E-state index is 11.8. The van der Waals surface area contributed by atoms with Gasteiger partial charge in [-0.3, -0.25) is 4.79 Å². The number of amides is 1. The van der Waals surface area contributed by atoms with Crippen LogP contribution in [0.5, 0.6) is 5.75 Å². The summed E-state index contributed by atoms with van der Waals surface area (Å²) in [4.78, 5) is 11.8. The molecule has 1 amide bonds. The molecule has 0 aromatic heterocycles. The molecule has 1 rings (SSSR count). The van der Waals surface area contributed by atoms with Crippen LogP contribution in [0.1, 0.15) is 32.3 Å². The Morgan fingerprint density at radius 2 is 1.85 bits per heavy atom. The topological polar surface area (TPSA) is 58.6 Å². The van der Waals surface area contributed by atoms with Gasteiger partial charge in [0.1, 0.15) is 5.75 Å². The van der Waals surface area contributed by atoms with Crippen molar-refractivity contribution in [1.29, 1.82) is 0 Å². The second kappa shape index (κ2) is 8.64. The molecule has 1 aromatic rings. The van der Waals surface area contributed by atoms with E-state index in [2.05, 4.69) is 37.2 Å². The zero-order chi connectivity index (χ0) is 15.1. The van der Waals surface area contributed by atoms with Crippen molar-refractivity contribution in [2.75, 3.05) is 6.61 Å². The average Bonchev–Trinajstić information content (AvgIpc) is 2.43. The number of rotatable bonds is 7. The molecule has 112 valence electrons. The van der Waals surface area contributed by atoms with Crippen LogP contribution in [0.3, 0.4) is 0 Å². The van der Waals surface area contributed by atoms with E-state index >= 15 is 0 Å². The van der Waals surface area contributed by atoms with E-state index in [1.807, 2.05) is 13.8 Å². The Kier molecular flexibility index (Phi) is 7.55. The Balaban J connectivity index is 2.64. The van der Waals surface area contributed by atoms with Gasteiger partial charge in [-0.1, -0.05) is 13.8 Å². The van der Waals surface area contributed by atoms with Gasteiger partial charge in [-0.05, 0) is 62.4 Å². The minimum atomic E-state index is -0.135. The van der Waals surface area contributed by atoms with Gasteiger partial charge in [0.2, 0.25) is 0 Å². The summed E-state index contributed by atoms with van der Waals surface area (Å²) >= 11 is 6.74. The van der Waals surface area contributed by atoms with Gasteiger partial charge in [0, 0.05) is 6.04 Å². The zero-order valence-electron chi connectivity index (χ0n) is 11.6. The number of carbonyl (C=O) groups is 1. The number of hydrogen-bond donors (Lipinski definition) is 2. The van der Waals surface area contributed by atoms with E-state index in [0.29, 0.717) is 14.7 Å². The molecular formula is C14H19Br2NO3. The molecule has 0 aliphatic carbocycles. The molecule has 1 aromatic carbocycles. The molecule has 20 heavy (non-hydrogen) atoms. The van der Waals surface area contributed by atoms with Crippen LogP contribution in [0.4, 0.5) is 0 Å². The number of halogens is 2. The lowest BCUT2D eigenvalue weighted by atomic mass is 10.2. The first-order valence-electron chi connectivity index (χ1n) is 6.52. The van der Waals surface area contributed by atoms with Crippen LogP contribution in [0.15, 0.2) is 21.1 Å². The molecule has 0 radical (unpaired) electrons. The molecule has 0 fully saturated rings. The normalized spacial score (nSPS) is 10.7. The van der Waals surface area contributed by atoms with Crippen molar-refractivity contribution >= 4 is 37.8 Å². The quantitative estimate of drug-likeness (QED) is 0.726. The molecule has 0 bridgehead atoms. The minimum absolute atomic E-state index is 0.0355. The molecule has 4 nitrogen and oxygen atoms in total. The van der Waals surface area contributed by atoms with Crippen molar-refractivity contribution in [2.45, 2.75) is 39.3 Å². The highest BCUT2D eigenvalue weighted by molar-refractivity contribution is 9.11. The van der Waals surface area contributed by atoms with Gasteiger partial charge in [0.25, 0.3) is 5.91 Å². The van der Waals surface area contributed by atoms with Crippen LogP contribution < -0.4 is 10.1 Å². The molecule has 0 atom stereocenters. The number of benzene rings is 1. The highest BCUT2D eigenvalue weighted by Crippen LogP contribution is 2.34. The highest BCUT2D eigenvalue weighted by atomic mass is 79.9. The summed E-state index contributed by atoms with van der Waals surface area (Å²) in [5, 5.41) is 12.0. The summed E-state index contributed by atoms with van der Waals surface area (Å²) in [6.07, 6.45) is 1.81. The predicted octanol–water partition coefficient (Wildman–Crippen LogP) is 3.39. The smallest absolute Gasteiger partial charge is 0.258 e. The third-order valence-electron chi connectivity index (χ3n) is 2.94. The molecule has 0 unspecified atom stereocenters. The van der Waals surface area contributed by atoms with E-state index in [9.17, 15) is 4.79 Å². The van der Waals surface area contributed by atoms with Gasteiger partial charge >= 0.3 is 0 Å². The first-order valence-corrected chi connectivity index (χ1v) is 8.11. The maximum atomic E-state index is 11.8. The van der Waals surface area contributed by atoms with Crippen molar-refractivity contribution in [3.8, 4) is 5.75 Å². The second-order valence-corrected chi connectivity index (χ2v) is 6.12. The Hall–Kier alpha value is -0.590. The molecule has 0 aliphatic rings. The van der Waals surface area contributed by atoms with Gasteiger partial charge in [-0.2, -0.15) is 0 Å².